The summed E-state index contributed by atoms with van der Waals surface area (Å²) >= 11 is 1.46. The molecular weight excluding hydrogens is 184 g/mol. The summed E-state index contributed by atoms with van der Waals surface area (Å²) in [7, 11) is 2.09. The Labute approximate surface area is 82.8 Å². The molecule has 1 heterocycles. The van der Waals surface area contributed by atoms with Crippen LogP contribution in [-0.2, 0) is 6.54 Å². The maximum Gasteiger partial charge on any atom is 0.203 e. The minimum Gasteiger partial charge on any atom is -0.374 e. The van der Waals surface area contributed by atoms with Crippen LogP contribution in [0.2, 0.25) is 0 Å². The molecule has 4 nitrogen and oxygen atoms in total. The third-order valence-corrected chi connectivity index (χ3v) is 2.95. The maximum atomic E-state index is 5.49. The molecule has 0 aliphatic heterocycles. The van der Waals surface area contributed by atoms with Crippen LogP contribution in [0.3, 0.4) is 0 Å². The first-order valence-corrected chi connectivity index (χ1v) is 5.23. The van der Waals surface area contributed by atoms with Gasteiger partial charge in [0.25, 0.3) is 0 Å². The predicted molar refractivity (Wildman–Crippen MR) is 55.5 cm³/mol. The molecule has 1 rings (SSSR count). The number of rotatable bonds is 4. The second kappa shape index (κ2) is 4.53. The summed E-state index contributed by atoms with van der Waals surface area (Å²) in [5.74, 6) is 0. The van der Waals surface area contributed by atoms with Gasteiger partial charge in [0.05, 0.1) is 6.54 Å². The fourth-order valence-corrected chi connectivity index (χ4v) is 1.68. The zero-order chi connectivity index (χ0) is 9.84. The van der Waals surface area contributed by atoms with E-state index in [1.807, 2.05) is 0 Å². The van der Waals surface area contributed by atoms with Crippen molar-refractivity contribution in [3.63, 3.8) is 0 Å². The third kappa shape index (κ3) is 2.93. The molecule has 0 radical (unpaired) electrons. The van der Waals surface area contributed by atoms with Gasteiger partial charge in [0.15, 0.2) is 0 Å². The lowest BCUT2D eigenvalue weighted by Gasteiger charge is -2.21. The van der Waals surface area contributed by atoms with Crippen molar-refractivity contribution in [3.8, 4) is 0 Å². The Hall–Kier alpha value is -0.680. The number of nitrogens with two attached hydrogens (primary N) is 1. The molecule has 13 heavy (non-hydrogen) atoms. The normalized spacial score (nSPS) is 13.5. The van der Waals surface area contributed by atoms with E-state index in [1.165, 1.54) is 11.3 Å². The summed E-state index contributed by atoms with van der Waals surface area (Å²) in [6, 6.07) is 0.574. The molecular formula is C8H16N4S. The lowest BCUT2D eigenvalue weighted by molar-refractivity contribution is 0.243. The van der Waals surface area contributed by atoms with Gasteiger partial charge in [-0.25, -0.2) is 0 Å². The molecule has 0 saturated carbocycles. The van der Waals surface area contributed by atoms with Crippen LogP contribution in [0, 0.1) is 0 Å². The number of nitrogen functional groups attached to an aromatic ring is 1. The van der Waals surface area contributed by atoms with Gasteiger partial charge in [0.2, 0.25) is 5.13 Å². The third-order valence-electron chi connectivity index (χ3n) is 2.21. The van der Waals surface area contributed by atoms with Crippen molar-refractivity contribution < 1.29 is 0 Å². The van der Waals surface area contributed by atoms with E-state index in [0.717, 1.165) is 18.0 Å². The summed E-state index contributed by atoms with van der Waals surface area (Å²) in [5.41, 5.74) is 5.49. The minimum absolute atomic E-state index is 0.549. The lowest BCUT2D eigenvalue weighted by atomic mass is 10.2. The Balaban J connectivity index is 2.49. The van der Waals surface area contributed by atoms with Gasteiger partial charge >= 0.3 is 0 Å². The molecule has 0 aromatic carbocycles. The predicted octanol–water partition coefficient (Wildman–Crippen LogP) is 1.35. The fraction of sp³-hybridized carbons (Fsp3) is 0.750. The number of anilines is 1. The molecule has 0 aliphatic rings. The van der Waals surface area contributed by atoms with Crippen molar-refractivity contribution in [1.82, 2.24) is 15.1 Å². The SMILES string of the molecule is CCC(C)N(C)Cc1nnc(N)s1. The zero-order valence-electron chi connectivity index (χ0n) is 8.32. The largest absolute Gasteiger partial charge is 0.374 e. The van der Waals surface area contributed by atoms with Gasteiger partial charge < -0.3 is 5.73 Å². The standard InChI is InChI=1S/C8H16N4S/c1-4-6(2)12(3)5-7-10-11-8(9)13-7/h6H,4-5H2,1-3H3,(H2,9,11). The number of aromatic nitrogens is 2. The van der Waals surface area contributed by atoms with Crippen LogP contribution < -0.4 is 5.73 Å². The molecule has 1 unspecified atom stereocenters. The number of nitrogens with zero attached hydrogens (tertiary/aromatic N) is 3. The van der Waals surface area contributed by atoms with Crippen LogP contribution in [0.15, 0.2) is 0 Å². The molecule has 0 spiro atoms. The molecule has 0 saturated heterocycles. The first-order valence-electron chi connectivity index (χ1n) is 4.41. The average molecular weight is 200 g/mol. The van der Waals surface area contributed by atoms with Gasteiger partial charge in [-0.15, -0.1) is 10.2 Å². The van der Waals surface area contributed by atoms with E-state index in [4.69, 9.17) is 5.73 Å². The summed E-state index contributed by atoms with van der Waals surface area (Å²) in [5, 5.41) is 9.28. The molecule has 1 aromatic rings. The van der Waals surface area contributed by atoms with E-state index in [0.29, 0.717) is 11.2 Å². The first kappa shape index (κ1) is 10.4. The van der Waals surface area contributed by atoms with E-state index >= 15 is 0 Å². The Morgan fingerprint density at radius 2 is 2.23 bits per heavy atom. The van der Waals surface area contributed by atoms with E-state index in [2.05, 4.69) is 36.0 Å². The Morgan fingerprint density at radius 1 is 1.54 bits per heavy atom. The first-order chi connectivity index (χ1) is 6.13. The fourth-order valence-electron chi connectivity index (χ4n) is 1.01. The Morgan fingerprint density at radius 3 is 2.69 bits per heavy atom. The molecule has 0 amide bonds. The molecule has 5 heteroatoms. The van der Waals surface area contributed by atoms with Crippen LogP contribution in [0.25, 0.3) is 0 Å². The van der Waals surface area contributed by atoms with Crippen molar-refractivity contribution in [3.05, 3.63) is 5.01 Å². The van der Waals surface area contributed by atoms with Crippen molar-refractivity contribution in [2.24, 2.45) is 0 Å². The van der Waals surface area contributed by atoms with E-state index in [1.54, 1.807) is 0 Å². The highest BCUT2D eigenvalue weighted by Gasteiger charge is 2.09. The molecule has 0 aliphatic carbocycles. The zero-order valence-corrected chi connectivity index (χ0v) is 9.14. The lowest BCUT2D eigenvalue weighted by Crippen LogP contribution is -2.27. The number of hydrogen-bond acceptors (Lipinski definition) is 5. The number of hydrogen-bond donors (Lipinski definition) is 1. The van der Waals surface area contributed by atoms with Crippen molar-refractivity contribution in [1.29, 1.82) is 0 Å². The smallest absolute Gasteiger partial charge is 0.203 e. The molecule has 2 N–H and O–H groups in total. The van der Waals surface area contributed by atoms with Crippen molar-refractivity contribution in [2.75, 3.05) is 12.8 Å². The molecule has 0 bridgehead atoms. The Bertz CT molecular complexity index is 260. The van der Waals surface area contributed by atoms with E-state index in [9.17, 15) is 0 Å². The monoisotopic (exact) mass is 200 g/mol. The highest BCUT2D eigenvalue weighted by Crippen LogP contribution is 2.14. The summed E-state index contributed by atoms with van der Waals surface area (Å²) in [6.07, 6.45) is 1.14. The molecule has 74 valence electrons. The Kier molecular flexibility index (Phi) is 3.62. The van der Waals surface area contributed by atoms with Gasteiger partial charge in [0.1, 0.15) is 5.01 Å². The molecule has 1 atom stereocenters. The van der Waals surface area contributed by atoms with Gasteiger partial charge in [0, 0.05) is 6.04 Å². The molecule has 0 fully saturated rings. The van der Waals surface area contributed by atoms with Gasteiger partial charge in [-0.1, -0.05) is 18.3 Å². The van der Waals surface area contributed by atoms with Crippen LogP contribution in [0.5, 0.6) is 0 Å². The second-order valence-corrected chi connectivity index (χ2v) is 4.30. The van der Waals surface area contributed by atoms with Crippen LogP contribution in [-0.4, -0.2) is 28.2 Å². The summed E-state index contributed by atoms with van der Waals surface area (Å²) < 4.78 is 0. The maximum absolute atomic E-state index is 5.49. The van der Waals surface area contributed by atoms with Crippen molar-refractivity contribution in [2.45, 2.75) is 32.9 Å². The van der Waals surface area contributed by atoms with Crippen LogP contribution >= 0.6 is 11.3 Å². The van der Waals surface area contributed by atoms with E-state index < -0.39 is 0 Å². The quantitative estimate of drug-likeness (QED) is 0.797. The topological polar surface area (TPSA) is 55.0 Å². The van der Waals surface area contributed by atoms with Gasteiger partial charge in [-0.05, 0) is 20.4 Å². The summed E-state index contributed by atoms with van der Waals surface area (Å²) in [6.45, 7) is 5.21. The highest BCUT2D eigenvalue weighted by atomic mass is 32.1. The van der Waals surface area contributed by atoms with Gasteiger partial charge in [-0.3, -0.25) is 4.90 Å². The minimum atomic E-state index is 0.549. The highest BCUT2D eigenvalue weighted by molar-refractivity contribution is 7.15. The van der Waals surface area contributed by atoms with Gasteiger partial charge in [-0.2, -0.15) is 0 Å². The second-order valence-electron chi connectivity index (χ2n) is 3.21. The van der Waals surface area contributed by atoms with E-state index in [-0.39, 0.29) is 0 Å². The molecule has 1 aromatic heterocycles. The van der Waals surface area contributed by atoms with Crippen LogP contribution in [0.1, 0.15) is 25.3 Å². The average Bonchev–Trinajstić information content (AvgIpc) is 2.49. The van der Waals surface area contributed by atoms with Crippen LogP contribution in [0.4, 0.5) is 5.13 Å². The summed E-state index contributed by atoms with van der Waals surface area (Å²) in [4.78, 5) is 2.25. The van der Waals surface area contributed by atoms with Crippen molar-refractivity contribution >= 4 is 16.5 Å².